The van der Waals surface area contributed by atoms with Crippen LogP contribution in [0, 0.1) is 0 Å². The van der Waals surface area contributed by atoms with Gasteiger partial charge in [-0.3, -0.25) is 4.68 Å². The molecule has 1 aromatic carbocycles. The highest BCUT2D eigenvalue weighted by Crippen LogP contribution is 2.26. The molecule has 1 aromatic heterocycles. The lowest BCUT2D eigenvalue weighted by molar-refractivity contribution is 0.410. The summed E-state index contributed by atoms with van der Waals surface area (Å²) < 4.78 is 28.5. The normalized spacial score (nSPS) is 17.7. The molecule has 9 heteroatoms. The van der Waals surface area contributed by atoms with E-state index in [-0.39, 0.29) is 6.04 Å². The minimum Gasteiger partial charge on any atom is -0.357 e. The molecule has 2 heterocycles. The third-order valence-corrected chi connectivity index (χ3v) is 7.81. The molecule has 1 unspecified atom stereocenters. The van der Waals surface area contributed by atoms with E-state index >= 15 is 0 Å². The number of nitrogens with one attached hydrogen (secondary N) is 1. The Bertz CT molecular complexity index is 997. The number of sulfonamides is 1. The van der Waals surface area contributed by atoms with Gasteiger partial charge in [0.25, 0.3) is 0 Å². The van der Waals surface area contributed by atoms with Gasteiger partial charge < -0.3 is 10.2 Å². The molecular weight excluding hydrogens is 412 g/mol. The van der Waals surface area contributed by atoms with Crippen molar-refractivity contribution in [1.29, 1.82) is 0 Å². The monoisotopic (exact) mass is 446 g/mol. The molecule has 3 rings (SSSR count). The first kappa shape index (κ1) is 23.3. The predicted molar refractivity (Wildman–Crippen MR) is 123 cm³/mol. The Morgan fingerprint density at radius 2 is 2.03 bits per heavy atom. The summed E-state index contributed by atoms with van der Waals surface area (Å²) in [6, 6.07) is 6.93. The first-order valence-corrected chi connectivity index (χ1v) is 12.2. The van der Waals surface area contributed by atoms with Gasteiger partial charge in [-0.15, -0.1) is 0 Å². The number of aliphatic imine (C=N–C) groups is 1. The molecule has 1 fully saturated rings. The lowest BCUT2D eigenvalue weighted by Crippen LogP contribution is -2.40. The Morgan fingerprint density at radius 3 is 2.61 bits per heavy atom. The Kier molecular flexibility index (Phi) is 7.38. The minimum absolute atomic E-state index is 0.0899. The van der Waals surface area contributed by atoms with E-state index in [2.05, 4.69) is 28.4 Å². The van der Waals surface area contributed by atoms with Crippen LogP contribution in [0.3, 0.4) is 0 Å². The van der Waals surface area contributed by atoms with Gasteiger partial charge >= 0.3 is 0 Å². The van der Waals surface area contributed by atoms with Crippen LogP contribution in [0.25, 0.3) is 0 Å². The third-order valence-electron chi connectivity index (χ3n) is 5.76. The van der Waals surface area contributed by atoms with Crippen LogP contribution in [0.2, 0.25) is 0 Å². The molecule has 0 amide bonds. The van der Waals surface area contributed by atoms with E-state index in [1.165, 1.54) is 9.87 Å². The Hall–Kier alpha value is -2.39. The van der Waals surface area contributed by atoms with Crippen LogP contribution < -0.4 is 5.32 Å². The smallest absolute Gasteiger partial charge is 0.243 e. The SMILES string of the molecule is CCNC(=NCc1ccc(S(=O)(=O)N(C)C(C)C)cc1)N1CCC(c2cnn(C)c2)C1. The molecule has 170 valence electrons. The number of aromatic nitrogens is 2. The van der Waals surface area contributed by atoms with Crippen LogP contribution in [-0.2, 0) is 23.6 Å². The van der Waals surface area contributed by atoms with Gasteiger partial charge in [0.05, 0.1) is 17.6 Å². The summed E-state index contributed by atoms with van der Waals surface area (Å²) in [6.07, 6.45) is 5.11. The Morgan fingerprint density at radius 1 is 1.32 bits per heavy atom. The topological polar surface area (TPSA) is 82.8 Å². The number of benzene rings is 1. The molecule has 0 saturated carbocycles. The third kappa shape index (κ3) is 5.46. The number of hydrogen-bond donors (Lipinski definition) is 1. The van der Waals surface area contributed by atoms with Crippen LogP contribution in [0.15, 0.2) is 46.5 Å². The molecule has 1 aliphatic heterocycles. The van der Waals surface area contributed by atoms with Crippen molar-refractivity contribution in [2.45, 2.75) is 50.6 Å². The van der Waals surface area contributed by atoms with Crippen molar-refractivity contribution in [3.63, 3.8) is 0 Å². The molecule has 31 heavy (non-hydrogen) atoms. The standard InChI is InChI=1S/C22H34N6O2S/c1-6-23-22(28-12-11-19(16-28)20-14-25-26(4)15-20)24-13-18-7-9-21(10-8-18)31(29,30)27(5)17(2)3/h7-10,14-15,17,19H,6,11-13,16H2,1-5H3,(H,23,24). The predicted octanol–water partition coefficient (Wildman–Crippen LogP) is 2.40. The summed E-state index contributed by atoms with van der Waals surface area (Å²) in [5, 5.41) is 7.68. The van der Waals surface area contributed by atoms with Gasteiger partial charge in [-0.1, -0.05) is 12.1 Å². The van der Waals surface area contributed by atoms with Crippen LogP contribution in [0.4, 0.5) is 0 Å². The summed E-state index contributed by atoms with van der Waals surface area (Å²) in [5.74, 6) is 1.35. The molecule has 8 nitrogen and oxygen atoms in total. The molecule has 0 bridgehead atoms. The fraction of sp³-hybridized carbons (Fsp3) is 0.545. The van der Waals surface area contributed by atoms with Gasteiger partial charge in [-0.25, -0.2) is 13.4 Å². The minimum atomic E-state index is -3.47. The second kappa shape index (κ2) is 9.82. The molecular formula is C22H34N6O2S. The van der Waals surface area contributed by atoms with Crippen molar-refractivity contribution >= 4 is 16.0 Å². The highest BCUT2D eigenvalue weighted by Gasteiger charge is 2.27. The number of aryl methyl sites for hydroxylation is 1. The molecule has 1 aliphatic rings. The van der Waals surface area contributed by atoms with Crippen LogP contribution in [-0.4, -0.2) is 66.1 Å². The van der Waals surface area contributed by atoms with Gasteiger partial charge in [0.1, 0.15) is 0 Å². The van der Waals surface area contributed by atoms with Crippen LogP contribution in [0.5, 0.6) is 0 Å². The largest absolute Gasteiger partial charge is 0.357 e. The van der Waals surface area contributed by atoms with Crippen molar-refractivity contribution in [2.24, 2.45) is 12.0 Å². The maximum atomic E-state index is 12.6. The van der Waals surface area contributed by atoms with Crippen LogP contribution >= 0.6 is 0 Å². The fourth-order valence-electron chi connectivity index (χ4n) is 3.68. The quantitative estimate of drug-likeness (QED) is 0.522. The summed E-state index contributed by atoms with van der Waals surface area (Å²) in [5.41, 5.74) is 2.24. The zero-order valence-corrected chi connectivity index (χ0v) is 19.9. The number of guanidine groups is 1. The molecule has 1 saturated heterocycles. The van der Waals surface area contributed by atoms with Gasteiger partial charge in [0, 0.05) is 51.9 Å². The lowest BCUT2D eigenvalue weighted by atomic mass is 10.0. The van der Waals surface area contributed by atoms with E-state index in [4.69, 9.17) is 4.99 Å². The summed E-state index contributed by atoms with van der Waals surface area (Å²) in [7, 11) is 0.0818. The zero-order valence-electron chi connectivity index (χ0n) is 19.1. The van der Waals surface area contributed by atoms with E-state index in [9.17, 15) is 8.42 Å². The second-order valence-corrected chi connectivity index (χ2v) is 10.3. The van der Waals surface area contributed by atoms with Gasteiger partial charge in [0.15, 0.2) is 5.96 Å². The average Bonchev–Trinajstić information content (AvgIpc) is 3.40. The van der Waals surface area contributed by atoms with Crippen molar-refractivity contribution in [3.8, 4) is 0 Å². The average molecular weight is 447 g/mol. The highest BCUT2D eigenvalue weighted by atomic mass is 32.2. The Labute approximate surface area is 186 Å². The molecule has 0 radical (unpaired) electrons. The van der Waals surface area contributed by atoms with E-state index in [1.807, 2.05) is 43.9 Å². The maximum Gasteiger partial charge on any atom is 0.243 e. The summed E-state index contributed by atoms with van der Waals surface area (Å²) in [4.78, 5) is 7.40. The molecule has 1 N–H and O–H groups in total. The number of rotatable bonds is 7. The van der Waals surface area contributed by atoms with Gasteiger partial charge in [-0.2, -0.15) is 9.40 Å². The van der Waals surface area contributed by atoms with Crippen LogP contribution in [0.1, 0.15) is 44.2 Å². The molecule has 0 aliphatic carbocycles. The van der Waals surface area contributed by atoms with E-state index in [1.54, 1.807) is 19.2 Å². The van der Waals surface area contributed by atoms with Crippen molar-refractivity contribution in [3.05, 3.63) is 47.8 Å². The first-order chi connectivity index (χ1) is 14.7. The Balaban J connectivity index is 1.68. The summed E-state index contributed by atoms with van der Waals surface area (Å²) in [6.45, 7) is 8.94. The number of nitrogens with zero attached hydrogens (tertiary/aromatic N) is 5. The molecule has 0 spiro atoms. The van der Waals surface area contributed by atoms with Gasteiger partial charge in [0.2, 0.25) is 10.0 Å². The van der Waals surface area contributed by atoms with Crippen molar-refractivity contribution in [2.75, 3.05) is 26.7 Å². The fourth-order valence-corrected chi connectivity index (χ4v) is 5.05. The molecule has 1 atom stereocenters. The van der Waals surface area contributed by atoms with Crippen molar-refractivity contribution < 1.29 is 8.42 Å². The van der Waals surface area contributed by atoms with Gasteiger partial charge in [-0.05, 0) is 50.5 Å². The number of likely N-dealkylation sites (tertiary alicyclic amines) is 1. The number of hydrogen-bond acceptors (Lipinski definition) is 4. The molecule has 2 aromatic rings. The van der Waals surface area contributed by atoms with E-state index < -0.39 is 10.0 Å². The van der Waals surface area contributed by atoms with E-state index in [0.717, 1.165) is 37.6 Å². The van der Waals surface area contributed by atoms with Crippen molar-refractivity contribution in [1.82, 2.24) is 24.3 Å². The van der Waals surface area contributed by atoms with E-state index in [0.29, 0.717) is 17.4 Å². The first-order valence-electron chi connectivity index (χ1n) is 10.8. The lowest BCUT2D eigenvalue weighted by Gasteiger charge is -2.22. The highest BCUT2D eigenvalue weighted by molar-refractivity contribution is 7.89. The zero-order chi connectivity index (χ0) is 22.6. The maximum absolute atomic E-state index is 12.6. The summed E-state index contributed by atoms with van der Waals surface area (Å²) >= 11 is 0. The second-order valence-electron chi connectivity index (χ2n) is 8.31.